The molecule has 3 heterocycles. The number of rotatable bonds is 6. The van der Waals surface area contributed by atoms with Crippen LogP contribution >= 0.6 is 0 Å². The normalized spacial score (nSPS) is 18.5. The van der Waals surface area contributed by atoms with E-state index in [1.807, 2.05) is 40.9 Å². The lowest BCUT2D eigenvalue weighted by atomic mass is 9.89. The molecule has 5 rings (SSSR count). The van der Waals surface area contributed by atoms with Gasteiger partial charge in [0.2, 0.25) is 5.91 Å². The predicted molar refractivity (Wildman–Crippen MR) is 156 cm³/mol. The van der Waals surface area contributed by atoms with E-state index in [0.717, 1.165) is 36.1 Å². The SMILES string of the molecule is CC(C)CCN1C(=O)CCCN(C(=O)c2ccc(Cn3cnnn3)cc2)CCCNC(=O)c2nn(C)c3c2CC1CC3. The minimum absolute atomic E-state index is 0.0363. The lowest BCUT2D eigenvalue weighted by molar-refractivity contribution is -0.134. The molecule has 0 fully saturated rings. The number of hydrogen-bond acceptors (Lipinski definition) is 7. The van der Waals surface area contributed by atoms with Gasteiger partial charge in [0.25, 0.3) is 11.8 Å². The number of fused-ring (bicyclic) bond motifs is 1. The molecule has 12 heteroatoms. The highest BCUT2D eigenvalue weighted by molar-refractivity contribution is 5.95. The maximum atomic E-state index is 13.7. The van der Waals surface area contributed by atoms with Crippen molar-refractivity contribution in [3.05, 3.63) is 58.7 Å². The van der Waals surface area contributed by atoms with Gasteiger partial charge in [0.05, 0.1) is 6.54 Å². The smallest absolute Gasteiger partial charge is 0.272 e. The van der Waals surface area contributed by atoms with Crippen molar-refractivity contribution < 1.29 is 14.4 Å². The number of carbonyl (C=O) groups is 3. The van der Waals surface area contributed by atoms with Crippen LogP contribution < -0.4 is 5.32 Å². The van der Waals surface area contributed by atoms with Crippen molar-refractivity contribution in [2.75, 3.05) is 26.2 Å². The summed E-state index contributed by atoms with van der Waals surface area (Å²) >= 11 is 0. The van der Waals surface area contributed by atoms with E-state index >= 15 is 0 Å². The van der Waals surface area contributed by atoms with Crippen molar-refractivity contribution in [1.29, 1.82) is 0 Å². The maximum Gasteiger partial charge on any atom is 0.272 e. The number of nitrogens with zero attached hydrogens (tertiary/aromatic N) is 8. The third-order valence-electron chi connectivity index (χ3n) is 8.29. The minimum atomic E-state index is -0.196. The number of nitrogens with one attached hydrogen (secondary N) is 1. The zero-order valence-electron chi connectivity index (χ0n) is 24.8. The van der Waals surface area contributed by atoms with Crippen LogP contribution in [0.1, 0.15) is 83.6 Å². The van der Waals surface area contributed by atoms with Gasteiger partial charge in [-0.2, -0.15) is 5.10 Å². The van der Waals surface area contributed by atoms with Crippen LogP contribution in [0.2, 0.25) is 0 Å². The summed E-state index contributed by atoms with van der Waals surface area (Å²) in [5.74, 6) is 0.309. The molecular formula is C30H41N9O3. The predicted octanol–water partition coefficient (Wildman–Crippen LogP) is 2.24. The second-order valence-electron chi connectivity index (χ2n) is 11.8. The minimum Gasteiger partial charge on any atom is -0.351 e. The fourth-order valence-corrected chi connectivity index (χ4v) is 5.94. The van der Waals surface area contributed by atoms with Crippen LogP contribution in [-0.2, 0) is 31.2 Å². The van der Waals surface area contributed by atoms with E-state index in [2.05, 4.69) is 39.8 Å². The Balaban J connectivity index is 1.33. The molecule has 2 bridgehead atoms. The first kappa shape index (κ1) is 29.4. The fraction of sp³-hybridized carbons (Fsp3) is 0.567. The summed E-state index contributed by atoms with van der Waals surface area (Å²) in [6.45, 7) is 6.92. The third kappa shape index (κ3) is 6.85. The van der Waals surface area contributed by atoms with E-state index in [0.29, 0.717) is 75.6 Å². The van der Waals surface area contributed by atoms with Crippen LogP contribution in [-0.4, -0.2) is 89.7 Å². The fourth-order valence-electron chi connectivity index (χ4n) is 5.94. The summed E-state index contributed by atoms with van der Waals surface area (Å²) in [6.07, 6.45) is 6.32. The van der Waals surface area contributed by atoms with E-state index in [-0.39, 0.29) is 23.8 Å². The molecule has 1 aliphatic heterocycles. The first-order valence-electron chi connectivity index (χ1n) is 15.0. The van der Waals surface area contributed by atoms with E-state index in [9.17, 15) is 14.4 Å². The quantitative estimate of drug-likeness (QED) is 0.477. The molecule has 0 saturated carbocycles. The van der Waals surface area contributed by atoms with Gasteiger partial charge in [-0.1, -0.05) is 26.0 Å². The Morgan fingerprint density at radius 1 is 1.10 bits per heavy atom. The first-order valence-corrected chi connectivity index (χ1v) is 15.0. The molecule has 224 valence electrons. The largest absolute Gasteiger partial charge is 0.351 e. The van der Waals surface area contributed by atoms with Crippen molar-refractivity contribution in [3.63, 3.8) is 0 Å². The van der Waals surface area contributed by atoms with E-state index in [1.54, 1.807) is 15.9 Å². The van der Waals surface area contributed by atoms with Crippen LogP contribution in [0.3, 0.4) is 0 Å². The van der Waals surface area contributed by atoms with Crippen molar-refractivity contribution >= 4 is 17.7 Å². The molecule has 2 aromatic heterocycles. The van der Waals surface area contributed by atoms with Gasteiger partial charge in [0, 0.05) is 62.5 Å². The van der Waals surface area contributed by atoms with Crippen molar-refractivity contribution in [2.24, 2.45) is 13.0 Å². The third-order valence-corrected chi connectivity index (χ3v) is 8.29. The second-order valence-corrected chi connectivity index (χ2v) is 11.8. The Labute approximate surface area is 246 Å². The highest BCUT2D eigenvalue weighted by atomic mass is 16.2. The Hall–Kier alpha value is -4.09. The topological polar surface area (TPSA) is 131 Å². The number of aromatic nitrogens is 6. The Morgan fingerprint density at radius 3 is 2.62 bits per heavy atom. The number of benzene rings is 1. The number of amides is 3. The van der Waals surface area contributed by atoms with Crippen LogP contribution in [0.25, 0.3) is 0 Å². The molecule has 3 amide bonds. The monoisotopic (exact) mass is 575 g/mol. The molecule has 0 saturated heterocycles. The van der Waals surface area contributed by atoms with Gasteiger partial charge in [0.15, 0.2) is 5.69 Å². The van der Waals surface area contributed by atoms with Crippen molar-refractivity contribution in [2.45, 2.75) is 71.4 Å². The standard InChI is InChI=1S/C30H41N9O3/c1-21(2)13-17-39-24-11-12-26-25(18-24)28(33-36(26)3)29(41)31-14-5-16-37(15-4-6-27(39)40)30(42)23-9-7-22(8-10-23)19-38-20-32-34-35-38/h7-10,20-21,24H,4-6,11-19H2,1-3H3,(H,31,41). The summed E-state index contributed by atoms with van der Waals surface area (Å²) in [5.41, 5.74) is 4.06. The first-order chi connectivity index (χ1) is 20.3. The number of aryl methyl sites for hydroxylation is 1. The molecule has 12 nitrogen and oxygen atoms in total. The molecule has 3 aromatic rings. The Morgan fingerprint density at radius 2 is 1.88 bits per heavy atom. The average molecular weight is 576 g/mol. The molecule has 1 aromatic carbocycles. The number of hydrogen-bond donors (Lipinski definition) is 1. The lowest BCUT2D eigenvalue weighted by Crippen LogP contribution is -2.45. The molecule has 1 atom stereocenters. The van der Waals surface area contributed by atoms with Gasteiger partial charge < -0.3 is 15.1 Å². The molecule has 42 heavy (non-hydrogen) atoms. The molecule has 0 radical (unpaired) electrons. The van der Waals surface area contributed by atoms with Gasteiger partial charge in [0.1, 0.15) is 6.33 Å². The lowest BCUT2D eigenvalue weighted by Gasteiger charge is -2.35. The number of carbonyl (C=O) groups excluding carboxylic acids is 3. The summed E-state index contributed by atoms with van der Waals surface area (Å²) < 4.78 is 3.44. The van der Waals surface area contributed by atoms with Crippen LogP contribution in [0.15, 0.2) is 30.6 Å². The Kier molecular flexibility index (Phi) is 9.28. The van der Waals surface area contributed by atoms with E-state index in [4.69, 9.17) is 0 Å². The van der Waals surface area contributed by atoms with Crippen LogP contribution in [0, 0.1) is 5.92 Å². The van der Waals surface area contributed by atoms with Crippen LogP contribution in [0.5, 0.6) is 0 Å². The van der Waals surface area contributed by atoms with Crippen molar-refractivity contribution in [1.82, 2.24) is 45.1 Å². The highest BCUT2D eigenvalue weighted by Gasteiger charge is 2.33. The molecule has 1 aliphatic carbocycles. The molecular weight excluding hydrogens is 534 g/mol. The van der Waals surface area contributed by atoms with E-state index < -0.39 is 0 Å². The zero-order valence-corrected chi connectivity index (χ0v) is 24.8. The summed E-state index contributed by atoms with van der Waals surface area (Å²) in [6, 6.07) is 7.48. The summed E-state index contributed by atoms with van der Waals surface area (Å²) in [7, 11) is 1.89. The van der Waals surface area contributed by atoms with Crippen molar-refractivity contribution in [3.8, 4) is 0 Å². The van der Waals surface area contributed by atoms with Gasteiger partial charge in [-0.25, -0.2) is 4.68 Å². The summed E-state index contributed by atoms with van der Waals surface area (Å²) in [4.78, 5) is 44.3. The molecule has 1 unspecified atom stereocenters. The average Bonchev–Trinajstić information content (AvgIpc) is 3.61. The zero-order chi connectivity index (χ0) is 29.6. The van der Waals surface area contributed by atoms with Gasteiger partial charge in [-0.3, -0.25) is 19.1 Å². The van der Waals surface area contributed by atoms with Gasteiger partial charge >= 0.3 is 0 Å². The maximum absolute atomic E-state index is 13.7. The van der Waals surface area contributed by atoms with E-state index in [1.165, 1.54) is 0 Å². The van der Waals surface area contributed by atoms with Gasteiger partial charge in [-0.05, 0) is 72.6 Å². The number of tetrazole rings is 1. The highest BCUT2D eigenvalue weighted by Crippen LogP contribution is 2.28. The molecule has 2 aliphatic rings. The second kappa shape index (κ2) is 13.3. The molecule has 0 spiro atoms. The van der Waals surface area contributed by atoms with Gasteiger partial charge in [-0.15, -0.1) is 5.10 Å². The summed E-state index contributed by atoms with van der Waals surface area (Å²) in [5, 5.41) is 18.8. The Bertz CT molecular complexity index is 1380. The molecule has 1 N–H and O–H groups in total. The van der Waals surface area contributed by atoms with Crippen LogP contribution in [0.4, 0.5) is 0 Å².